The van der Waals surface area contributed by atoms with E-state index in [4.69, 9.17) is 6.42 Å². The van der Waals surface area contributed by atoms with Gasteiger partial charge in [0.2, 0.25) is 0 Å². The molecule has 0 heterocycles. The standard InChI is InChI=1S/C12H11NO.ClH/c1-2-7-13-11-8-12(14)10-6-4-3-5-9(10)11;/h1,3-6,11,13H,7-8H2;1H. The van der Waals surface area contributed by atoms with Gasteiger partial charge in [0.25, 0.3) is 0 Å². The predicted octanol–water partition coefficient (Wildman–Crippen LogP) is 1.96. The van der Waals surface area contributed by atoms with Gasteiger partial charge in [0.15, 0.2) is 5.78 Å². The highest BCUT2D eigenvalue weighted by molar-refractivity contribution is 6.01. The first kappa shape index (κ1) is 11.8. The van der Waals surface area contributed by atoms with Crippen LogP contribution in [0.4, 0.5) is 0 Å². The summed E-state index contributed by atoms with van der Waals surface area (Å²) in [4.78, 5) is 11.5. The molecule has 0 bridgehead atoms. The van der Waals surface area contributed by atoms with Crippen LogP contribution in [-0.2, 0) is 0 Å². The first-order chi connectivity index (χ1) is 6.83. The van der Waals surface area contributed by atoms with Gasteiger partial charge in [-0.15, -0.1) is 18.8 Å². The summed E-state index contributed by atoms with van der Waals surface area (Å²) >= 11 is 0. The highest BCUT2D eigenvalue weighted by Gasteiger charge is 2.27. The van der Waals surface area contributed by atoms with Crippen LogP contribution in [0.1, 0.15) is 28.4 Å². The third-order valence-corrected chi connectivity index (χ3v) is 2.48. The predicted molar refractivity (Wildman–Crippen MR) is 62.2 cm³/mol. The number of hydrogen-bond acceptors (Lipinski definition) is 2. The Labute approximate surface area is 95.5 Å². The van der Waals surface area contributed by atoms with Crippen molar-refractivity contribution >= 4 is 18.2 Å². The molecular formula is C12H12ClNO. The van der Waals surface area contributed by atoms with E-state index < -0.39 is 0 Å². The number of terminal acetylenes is 1. The molecule has 0 amide bonds. The van der Waals surface area contributed by atoms with Gasteiger partial charge in [0.05, 0.1) is 6.54 Å². The molecular weight excluding hydrogens is 210 g/mol. The molecule has 1 N–H and O–H groups in total. The number of hydrogen-bond donors (Lipinski definition) is 1. The number of ketones is 1. The van der Waals surface area contributed by atoms with E-state index in [0.29, 0.717) is 13.0 Å². The molecule has 1 aromatic carbocycles. The summed E-state index contributed by atoms with van der Waals surface area (Å²) in [7, 11) is 0. The van der Waals surface area contributed by atoms with Crippen LogP contribution in [0, 0.1) is 12.3 Å². The average Bonchev–Trinajstić information content (AvgIpc) is 2.54. The normalized spacial score (nSPS) is 17.8. The molecule has 0 aliphatic heterocycles. The van der Waals surface area contributed by atoms with Crippen LogP contribution in [0.25, 0.3) is 0 Å². The fourth-order valence-electron chi connectivity index (χ4n) is 1.82. The van der Waals surface area contributed by atoms with Gasteiger partial charge in [0, 0.05) is 18.0 Å². The Morgan fingerprint density at radius 2 is 2.20 bits per heavy atom. The van der Waals surface area contributed by atoms with Crippen LogP contribution in [-0.4, -0.2) is 12.3 Å². The Hall–Kier alpha value is -1.30. The van der Waals surface area contributed by atoms with Crippen LogP contribution in [0.2, 0.25) is 0 Å². The second-order valence-corrected chi connectivity index (χ2v) is 3.35. The van der Waals surface area contributed by atoms with Crippen molar-refractivity contribution in [3.8, 4) is 12.3 Å². The number of rotatable bonds is 2. The second-order valence-electron chi connectivity index (χ2n) is 3.35. The average molecular weight is 222 g/mol. The van der Waals surface area contributed by atoms with Gasteiger partial charge in [-0.05, 0) is 5.56 Å². The van der Waals surface area contributed by atoms with E-state index >= 15 is 0 Å². The molecule has 3 heteroatoms. The Balaban J connectivity index is 0.00000112. The molecule has 0 saturated carbocycles. The van der Waals surface area contributed by atoms with E-state index in [9.17, 15) is 4.79 Å². The van der Waals surface area contributed by atoms with E-state index in [1.54, 1.807) is 0 Å². The number of benzene rings is 1. The number of nitrogens with one attached hydrogen (secondary N) is 1. The summed E-state index contributed by atoms with van der Waals surface area (Å²) in [6, 6.07) is 7.79. The SMILES string of the molecule is C#CCNC1CC(=O)c2ccccc21.Cl. The van der Waals surface area contributed by atoms with E-state index in [1.807, 2.05) is 24.3 Å². The molecule has 0 aromatic heterocycles. The van der Waals surface area contributed by atoms with Gasteiger partial charge < -0.3 is 0 Å². The minimum Gasteiger partial charge on any atom is -0.299 e. The number of carbonyl (C=O) groups is 1. The molecule has 1 aliphatic rings. The van der Waals surface area contributed by atoms with E-state index in [-0.39, 0.29) is 24.2 Å². The fourth-order valence-corrected chi connectivity index (χ4v) is 1.82. The van der Waals surface area contributed by atoms with Crippen LogP contribution in [0.5, 0.6) is 0 Å². The highest BCUT2D eigenvalue weighted by Crippen LogP contribution is 2.30. The first-order valence-electron chi connectivity index (χ1n) is 4.62. The van der Waals surface area contributed by atoms with Crippen molar-refractivity contribution in [1.29, 1.82) is 0 Å². The monoisotopic (exact) mass is 221 g/mol. The third kappa shape index (κ3) is 2.20. The number of carbonyl (C=O) groups excluding carboxylic acids is 1. The Bertz CT molecular complexity index is 408. The molecule has 1 atom stereocenters. The second kappa shape index (κ2) is 4.97. The van der Waals surface area contributed by atoms with Crippen molar-refractivity contribution in [2.24, 2.45) is 0 Å². The smallest absolute Gasteiger partial charge is 0.165 e. The van der Waals surface area contributed by atoms with Gasteiger partial charge in [-0.1, -0.05) is 30.2 Å². The van der Waals surface area contributed by atoms with Crippen LogP contribution < -0.4 is 5.32 Å². The van der Waals surface area contributed by atoms with Gasteiger partial charge in [-0.2, -0.15) is 0 Å². The lowest BCUT2D eigenvalue weighted by Crippen LogP contribution is -2.19. The molecule has 0 fully saturated rings. The van der Waals surface area contributed by atoms with Gasteiger partial charge in [-0.25, -0.2) is 0 Å². The molecule has 2 nitrogen and oxygen atoms in total. The summed E-state index contributed by atoms with van der Waals surface area (Å²) in [6.45, 7) is 0.506. The van der Waals surface area contributed by atoms with Crippen LogP contribution >= 0.6 is 12.4 Å². The molecule has 0 spiro atoms. The zero-order valence-corrected chi connectivity index (χ0v) is 9.01. The number of Topliss-reactive ketones (excluding diaryl/α,β-unsaturated/α-hetero) is 1. The van der Waals surface area contributed by atoms with Crippen LogP contribution in [0.3, 0.4) is 0 Å². The molecule has 0 saturated heterocycles. The quantitative estimate of drug-likeness (QED) is 0.774. The molecule has 1 aliphatic carbocycles. The summed E-state index contributed by atoms with van der Waals surface area (Å²) in [5.41, 5.74) is 1.91. The van der Waals surface area contributed by atoms with Gasteiger partial charge in [-0.3, -0.25) is 10.1 Å². The van der Waals surface area contributed by atoms with E-state index in [1.165, 1.54) is 0 Å². The maximum atomic E-state index is 11.5. The van der Waals surface area contributed by atoms with Crippen molar-refractivity contribution in [1.82, 2.24) is 5.32 Å². The maximum absolute atomic E-state index is 11.5. The summed E-state index contributed by atoms with van der Waals surface area (Å²) in [6.07, 6.45) is 5.69. The first-order valence-corrected chi connectivity index (χ1v) is 4.62. The zero-order valence-electron chi connectivity index (χ0n) is 8.19. The van der Waals surface area contributed by atoms with Crippen molar-refractivity contribution < 1.29 is 4.79 Å². The molecule has 1 unspecified atom stereocenters. The topological polar surface area (TPSA) is 29.1 Å². The Kier molecular flexibility index (Phi) is 3.90. The minimum absolute atomic E-state index is 0. The maximum Gasteiger partial charge on any atom is 0.165 e. The highest BCUT2D eigenvalue weighted by atomic mass is 35.5. The summed E-state index contributed by atoms with van der Waals surface area (Å²) in [5, 5.41) is 3.16. The van der Waals surface area contributed by atoms with Crippen molar-refractivity contribution in [2.75, 3.05) is 6.54 Å². The van der Waals surface area contributed by atoms with Crippen LogP contribution in [0.15, 0.2) is 24.3 Å². The molecule has 1 aromatic rings. The zero-order chi connectivity index (χ0) is 9.97. The van der Waals surface area contributed by atoms with E-state index in [0.717, 1.165) is 11.1 Å². The lowest BCUT2D eigenvalue weighted by atomic mass is 10.1. The fraction of sp³-hybridized carbons (Fsp3) is 0.250. The lowest BCUT2D eigenvalue weighted by Gasteiger charge is -2.09. The lowest BCUT2D eigenvalue weighted by molar-refractivity contribution is 0.0986. The van der Waals surface area contributed by atoms with Crippen molar-refractivity contribution in [2.45, 2.75) is 12.5 Å². The minimum atomic E-state index is 0. The molecule has 78 valence electrons. The summed E-state index contributed by atoms with van der Waals surface area (Å²) in [5.74, 6) is 2.72. The van der Waals surface area contributed by atoms with Crippen molar-refractivity contribution in [3.63, 3.8) is 0 Å². The number of fused-ring (bicyclic) bond motifs is 1. The Morgan fingerprint density at radius 1 is 1.47 bits per heavy atom. The van der Waals surface area contributed by atoms with Gasteiger partial charge >= 0.3 is 0 Å². The van der Waals surface area contributed by atoms with E-state index in [2.05, 4.69) is 11.2 Å². The van der Waals surface area contributed by atoms with Gasteiger partial charge in [0.1, 0.15) is 0 Å². The Morgan fingerprint density at radius 3 is 2.93 bits per heavy atom. The van der Waals surface area contributed by atoms with Crippen molar-refractivity contribution in [3.05, 3.63) is 35.4 Å². The largest absolute Gasteiger partial charge is 0.299 e. The molecule has 2 rings (SSSR count). The molecule has 0 radical (unpaired) electrons. The summed E-state index contributed by atoms with van der Waals surface area (Å²) < 4.78 is 0. The third-order valence-electron chi connectivity index (χ3n) is 2.48. The number of halogens is 1. The molecule has 15 heavy (non-hydrogen) atoms.